The van der Waals surface area contributed by atoms with Crippen molar-refractivity contribution in [2.75, 3.05) is 0 Å². The van der Waals surface area contributed by atoms with E-state index in [1.54, 1.807) is 12.1 Å². The van der Waals surface area contributed by atoms with Gasteiger partial charge in [0.2, 0.25) is 5.91 Å². The number of oxazole rings is 1. The summed E-state index contributed by atoms with van der Waals surface area (Å²) in [7, 11) is 0. The van der Waals surface area contributed by atoms with Crippen molar-refractivity contribution >= 4 is 17.5 Å². The Labute approximate surface area is 104 Å². The summed E-state index contributed by atoms with van der Waals surface area (Å²) in [6.45, 7) is 0.480. The number of hydrogen-bond donors (Lipinski definition) is 1. The molecule has 2 rings (SSSR count). The lowest BCUT2D eigenvalue weighted by molar-refractivity contribution is -0.120. The van der Waals surface area contributed by atoms with Gasteiger partial charge in [0.15, 0.2) is 6.39 Å². The summed E-state index contributed by atoms with van der Waals surface area (Å²) in [6, 6.07) is 7.33. The van der Waals surface area contributed by atoms with Crippen LogP contribution in [-0.4, -0.2) is 10.9 Å². The molecular formula is C12H11ClN2O2. The lowest BCUT2D eigenvalue weighted by Crippen LogP contribution is -2.24. The predicted molar refractivity (Wildman–Crippen MR) is 63.5 cm³/mol. The Bertz CT molecular complexity index is 480. The number of amides is 1. The fraction of sp³-hybridized carbons (Fsp3) is 0.167. The summed E-state index contributed by atoms with van der Waals surface area (Å²) < 4.78 is 4.79. The third kappa shape index (κ3) is 3.60. The Morgan fingerprint density at radius 2 is 2.12 bits per heavy atom. The molecule has 0 radical (unpaired) electrons. The molecule has 0 fully saturated rings. The predicted octanol–water partition coefficient (Wildman–Crippen LogP) is 2.19. The molecule has 88 valence electrons. The monoisotopic (exact) mass is 250 g/mol. The van der Waals surface area contributed by atoms with E-state index in [1.165, 1.54) is 12.7 Å². The summed E-state index contributed by atoms with van der Waals surface area (Å²) in [5, 5.41) is 3.48. The van der Waals surface area contributed by atoms with Gasteiger partial charge in [-0.05, 0) is 17.7 Å². The van der Waals surface area contributed by atoms with E-state index < -0.39 is 0 Å². The maximum Gasteiger partial charge on any atom is 0.226 e. The molecular weight excluding hydrogens is 240 g/mol. The third-order valence-electron chi connectivity index (χ3n) is 2.23. The zero-order valence-corrected chi connectivity index (χ0v) is 9.78. The summed E-state index contributed by atoms with van der Waals surface area (Å²) in [5.41, 5.74) is 1.63. The average Bonchev–Trinajstić information content (AvgIpc) is 2.81. The van der Waals surface area contributed by atoms with E-state index >= 15 is 0 Å². The van der Waals surface area contributed by atoms with Gasteiger partial charge in [-0.1, -0.05) is 23.7 Å². The quantitative estimate of drug-likeness (QED) is 0.905. The van der Waals surface area contributed by atoms with Crippen LogP contribution in [0.3, 0.4) is 0 Å². The van der Waals surface area contributed by atoms with Gasteiger partial charge in [-0.3, -0.25) is 4.79 Å². The van der Waals surface area contributed by atoms with E-state index in [-0.39, 0.29) is 12.3 Å². The molecule has 0 spiro atoms. The second-order valence-corrected chi connectivity index (χ2v) is 4.00. The van der Waals surface area contributed by atoms with Gasteiger partial charge >= 0.3 is 0 Å². The molecule has 0 unspecified atom stereocenters. The largest absolute Gasteiger partial charge is 0.451 e. The number of carbonyl (C=O) groups is 1. The minimum atomic E-state index is -0.0890. The van der Waals surface area contributed by atoms with Crippen molar-refractivity contribution in [2.24, 2.45) is 0 Å². The molecule has 0 atom stereocenters. The Kier molecular flexibility index (Phi) is 3.77. The normalized spacial score (nSPS) is 10.2. The first-order valence-corrected chi connectivity index (χ1v) is 5.50. The van der Waals surface area contributed by atoms with E-state index in [1.807, 2.05) is 12.1 Å². The van der Waals surface area contributed by atoms with Crippen molar-refractivity contribution in [3.05, 3.63) is 53.2 Å². The number of hydrogen-bond acceptors (Lipinski definition) is 3. The molecule has 2 aromatic rings. The molecule has 4 nitrogen and oxygen atoms in total. The molecule has 5 heteroatoms. The van der Waals surface area contributed by atoms with Gasteiger partial charge in [0.05, 0.1) is 12.1 Å². The molecule has 1 N–H and O–H groups in total. The van der Waals surface area contributed by atoms with Crippen LogP contribution in [0.2, 0.25) is 5.02 Å². The first-order valence-electron chi connectivity index (χ1n) is 5.12. The van der Waals surface area contributed by atoms with Gasteiger partial charge in [0.1, 0.15) is 6.26 Å². The molecule has 0 saturated heterocycles. The first-order chi connectivity index (χ1) is 8.24. The van der Waals surface area contributed by atoms with Gasteiger partial charge < -0.3 is 9.73 Å². The minimum absolute atomic E-state index is 0.0890. The van der Waals surface area contributed by atoms with Crippen LogP contribution in [0.4, 0.5) is 0 Å². The Morgan fingerprint density at radius 3 is 2.76 bits per heavy atom. The average molecular weight is 251 g/mol. The van der Waals surface area contributed by atoms with E-state index in [0.717, 1.165) is 5.56 Å². The lowest BCUT2D eigenvalue weighted by atomic mass is 10.2. The Hall–Kier alpha value is -1.81. The van der Waals surface area contributed by atoms with Crippen LogP contribution in [0, 0.1) is 0 Å². The highest BCUT2D eigenvalue weighted by Crippen LogP contribution is 2.09. The molecule has 0 aliphatic heterocycles. The summed E-state index contributed by atoms with van der Waals surface area (Å²) in [5.74, 6) is -0.0890. The van der Waals surface area contributed by atoms with Gasteiger partial charge in [-0.25, -0.2) is 4.98 Å². The summed E-state index contributed by atoms with van der Waals surface area (Å²) >= 11 is 5.76. The summed E-state index contributed by atoms with van der Waals surface area (Å²) in [4.78, 5) is 15.4. The van der Waals surface area contributed by atoms with Gasteiger partial charge in [0.25, 0.3) is 0 Å². The molecule has 0 saturated carbocycles. The topological polar surface area (TPSA) is 55.1 Å². The van der Waals surface area contributed by atoms with Crippen LogP contribution in [0.25, 0.3) is 0 Å². The van der Waals surface area contributed by atoms with Crippen LogP contribution in [-0.2, 0) is 17.8 Å². The molecule has 1 heterocycles. The van der Waals surface area contributed by atoms with Crippen LogP contribution in [0.15, 0.2) is 41.3 Å². The van der Waals surface area contributed by atoms with Gasteiger partial charge in [-0.15, -0.1) is 0 Å². The Morgan fingerprint density at radius 1 is 1.35 bits per heavy atom. The van der Waals surface area contributed by atoms with E-state index in [2.05, 4.69) is 10.3 Å². The first kappa shape index (κ1) is 11.7. The fourth-order valence-corrected chi connectivity index (χ4v) is 1.48. The molecule has 1 amide bonds. The summed E-state index contributed by atoms with van der Waals surface area (Å²) in [6.07, 6.45) is 2.99. The number of carbonyl (C=O) groups excluding carboxylic acids is 1. The lowest BCUT2D eigenvalue weighted by Gasteiger charge is -2.04. The highest BCUT2D eigenvalue weighted by molar-refractivity contribution is 6.30. The van der Waals surface area contributed by atoms with Crippen LogP contribution >= 0.6 is 11.6 Å². The van der Waals surface area contributed by atoms with Gasteiger partial charge in [-0.2, -0.15) is 0 Å². The van der Waals surface area contributed by atoms with E-state index in [0.29, 0.717) is 17.3 Å². The van der Waals surface area contributed by atoms with E-state index in [4.69, 9.17) is 16.0 Å². The number of nitrogens with zero attached hydrogens (tertiary/aromatic N) is 1. The maximum atomic E-state index is 11.5. The number of rotatable bonds is 4. The number of halogens is 1. The third-order valence-corrected chi connectivity index (χ3v) is 2.48. The molecule has 0 aliphatic carbocycles. The second-order valence-electron chi connectivity index (χ2n) is 3.56. The van der Waals surface area contributed by atoms with Crippen LogP contribution in [0.1, 0.15) is 11.3 Å². The molecule has 1 aromatic heterocycles. The Balaban J connectivity index is 1.82. The highest BCUT2D eigenvalue weighted by atomic mass is 35.5. The highest BCUT2D eigenvalue weighted by Gasteiger charge is 2.05. The van der Waals surface area contributed by atoms with E-state index in [9.17, 15) is 4.79 Å². The number of aromatic nitrogens is 1. The van der Waals surface area contributed by atoms with Crippen LogP contribution < -0.4 is 5.32 Å². The smallest absolute Gasteiger partial charge is 0.226 e. The zero-order valence-electron chi connectivity index (χ0n) is 9.02. The molecule has 0 bridgehead atoms. The van der Waals surface area contributed by atoms with Crippen molar-refractivity contribution < 1.29 is 9.21 Å². The maximum absolute atomic E-state index is 11.5. The van der Waals surface area contributed by atoms with Crippen molar-refractivity contribution in [3.63, 3.8) is 0 Å². The van der Waals surface area contributed by atoms with Crippen LogP contribution in [0.5, 0.6) is 0 Å². The minimum Gasteiger partial charge on any atom is -0.451 e. The van der Waals surface area contributed by atoms with Crippen molar-refractivity contribution in [1.82, 2.24) is 10.3 Å². The second kappa shape index (κ2) is 5.50. The standard InChI is InChI=1S/C12H11ClN2O2/c13-10-3-1-9(2-4-10)6-14-12(16)5-11-7-17-8-15-11/h1-4,7-8H,5-6H2,(H,14,16). The number of nitrogens with one attached hydrogen (secondary N) is 1. The van der Waals surface area contributed by atoms with Crippen molar-refractivity contribution in [3.8, 4) is 0 Å². The van der Waals surface area contributed by atoms with Gasteiger partial charge in [0, 0.05) is 11.6 Å². The zero-order chi connectivity index (χ0) is 12.1. The van der Waals surface area contributed by atoms with Crippen molar-refractivity contribution in [2.45, 2.75) is 13.0 Å². The number of benzene rings is 1. The fourth-order valence-electron chi connectivity index (χ4n) is 1.35. The molecule has 0 aliphatic rings. The SMILES string of the molecule is O=C(Cc1cocn1)NCc1ccc(Cl)cc1. The van der Waals surface area contributed by atoms with Crippen molar-refractivity contribution in [1.29, 1.82) is 0 Å². The molecule has 1 aromatic carbocycles. The molecule has 17 heavy (non-hydrogen) atoms.